The Morgan fingerprint density at radius 3 is 2.65 bits per heavy atom. The number of fused-ring (bicyclic) bond motifs is 1. The van der Waals surface area contributed by atoms with Crippen LogP contribution >= 0.6 is 0 Å². The third kappa shape index (κ3) is 3.60. The van der Waals surface area contributed by atoms with Crippen LogP contribution in [0, 0.1) is 11.8 Å². The minimum atomic E-state index is -0.407. The summed E-state index contributed by atoms with van der Waals surface area (Å²) in [7, 11) is 0. The van der Waals surface area contributed by atoms with Gasteiger partial charge in [0.15, 0.2) is 0 Å². The Balaban J connectivity index is 1.78. The van der Waals surface area contributed by atoms with Gasteiger partial charge in [-0.2, -0.15) is 0 Å². The molecule has 1 saturated carbocycles. The van der Waals surface area contributed by atoms with Gasteiger partial charge in [0, 0.05) is 6.04 Å². The van der Waals surface area contributed by atoms with E-state index in [0.717, 1.165) is 37.8 Å². The average Bonchev–Trinajstić information content (AvgIpc) is 2.61. The quantitative estimate of drug-likeness (QED) is 0.736. The molecule has 0 aromatic carbocycles. The van der Waals surface area contributed by atoms with Crippen LogP contribution in [-0.4, -0.2) is 30.8 Å². The van der Waals surface area contributed by atoms with E-state index in [9.17, 15) is 4.79 Å². The van der Waals surface area contributed by atoms with Crippen LogP contribution in [0.4, 0.5) is 4.79 Å². The summed E-state index contributed by atoms with van der Waals surface area (Å²) in [6.07, 6.45) is 3.13. The fourth-order valence-corrected chi connectivity index (χ4v) is 2.90. The second-order valence-electron chi connectivity index (χ2n) is 6.33. The molecule has 2 rings (SSSR count). The van der Waals surface area contributed by atoms with Crippen LogP contribution in [0.1, 0.15) is 40.0 Å². The molecule has 0 unspecified atom stereocenters. The second kappa shape index (κ2) is 4.84. The van der Waals surface area contributed by atoms with Crippen molar-refractivity contribution in [2.75, 3.05) is 13.1 Å². The highest BCUT2D eigenvalue weighted by molar-refractivity contribution is 5.68. The molecule has 1 amide bonds. The molecule has 4 heteroatoms. The normalized spacial score (nSPS) is 33.0. The van der Waals surface area contributed by atoms with Crippen LogP contribution in [0.2, 0.25) is 0 Å². The number of nitrogens with one attached hydrogen (secondary N) is 2. The first-order chi connectivity index (χ1) is 7.94. The van der Waals surface area contributed by atoms with Gasteiger partial charge >= 0.3 is 6.09 Å². The lowest BCUT2D eigenvalue weighted by atomic mass is 9.79. The second-order valence-corrected chi connectivity index (χ2v) is 6.33. The van der Waals surface area contributed by atoms with Gasteiger partial charge in [0.25, 0.3) is 0 Å². The molecule has 2 N–H and O–H groups in total. The van der Waals surface area contributed by atoms with Crippen molar-refractivity contribution < 1.29 is 9.53 Å². The zero-order valence-electron chi connectivity index (χ0n) is 11.1. The van der Waals surface area contributed by atoms with Crippen molar-refractivity contribution in [3.8, 4) is 0 Å². The number of hydrogen-bond donors (Lipinski definition) is 2. The fourth-order valence-electron chi connectivity index (χ4n) is 2.90. The Morgan fingerprint density at radius 2 is 1.94 bits per heavy atom. The molecule has 2 fully saturated rings. The molecular weight excluding hydrogens is 216 g/mol. The van der Waals surface area contributed by atoms with Crippen LogP contribution in [0.5, 0.6) is 0 Å². The van der Waals surface area contributed by atoms with Gasteiger partial charge in [0.1, 0.15) is 5.60 Å². The van der Waals surface area contributed by atoms with Gasteiger partial charge in [-0.05, 0) is 65.0 Å². The van der Waals surface area contributed by atoms with Crippen LogP contribution in [0.15, 0.2) is 0 Å². The molecule has 0 spiro atoms. The zero-order valence-corrected chi connectivity index (χ0v) is 11.1. The third-order valence-corrected chi connectivity index (χ3v) is 3.67. The Morgan fingerprint density at radius 1 is 1.24 bits per heavy atom. The Kier molecular flexibility index (Phi) is 3.61. The van der Waals surface area contributed by atoms with Crippen LogP contribution in [0.3, 0.4) is 0 Å². The van der Waals surface area contributed by atoms with Gasteiger partial charge in [-0.1, -0.05) is 0 Å². The summed E-state index contributed by atoms with van der Waals surface area (Å²) in [5.74, 6) is 1.57. The van der Waals surface area contributed by atoms with Crippen LogP contribution < -0.4 is 10.6 Å². The largest absolute Gasteiger partial charge is 0.444 e. The maximum absolute atomic E-state index is 11.7. The predicted octanol–water partition coefficient (Wildman–Crippen LogP) is 1.90. The van der Waals surface area contributed by atoms with Gasteiger partial charge in [0.05, 0.1) is 0 Å². The lowest BCUT2D eigenvalue weighted by Crippen LogP contribution is -2.43. The molecule has 0 aromatic heterocycles. The summed E-state index contributed by atoms with van der Waals surface area (Å²) in [5, 5.41) is 6.43. The number of amides is 1. The van der Waals surface area contributed by atoms with Gasteiger partial charge in [0.2, 0.25) is 0 Å². The van der Waals surface area contributed by atoms with E-state index < -0.39 is 5.60 Å². The summed E-state index contributed by atoms with van der Waals surface area (Å²) in [6, 6.07) is 0.297. The molecule has 1 heterocycles. The third-order valence-electron chi connectivity index (χ3n) is 3.67. The van der Waals surface area contributed by atoms with E-state index in [0.29, 0.717) is 6.04 Å². The number of carbonyl (C=O) groups excluding carboxylic acids is 1. The summed E-state index contributed by atoms with van der Waals surface area (Å²) < 4.78 is 5.29. The van der Waals surface area contributed by atoms with Crippen molar-refractivity contribution >= 4 is 6.09 Å². The van der Waals surface area contributed by atoms with Crippen LogP contribution in [-0.2, 0) is 4.74 Å². The van der Waals surface area contributed by atoms with Crippen molar-refractivity contribution in [1.82, 2.24) is 10.6 Å². The molecule has 0 radical (unpaired) electrons. The summed E-state index contributed by atoms with van der Waals surface area (Å²) in [4.78, 5) is 11.7. The maximum Gasteiger partial charge on any atom is 0.407 e. The summed E-state index contributed by atoms with van der Waals surface area (Å²) in [5.41, 5.74) is -0.407. The molecule has 1 saturated heterocycles. The summed E-state index contributed by atoms with van der Waals surface area (Å²) in [6.45, 7) is 7.94. The Labute approximate surface area is 103 Å². The molecule has 2 aliphatic rings. The number of ether oxygens (including phenoxy) is 1. The molecule has 4 nitrogen and oxygen atoms in total. The van der Waals surface area contributed by atoms with E-state index in [1.165, 1.54) is 6.42 Å². The van der Waals surface area contributed by atoms with E-state index in [-0.39, 0.29) is 6.09 Å². The van der Waals surface area contributed by atoms with Crippen molar-refractivity contribution in [1.29, 1.82) is 0 Å². The molecule has 1 aliphatic heterocycles. The minimum Gasteiger partial charge on any atom is -0.444 e. The van der Waals surface area contributed by atoms with Gasteiger partial charge in [-0.25, -0.2) is 4.79 Å². The van der Waals surface area contributed by atoms with Gasteiger partial charge in [-0.15, -0.1) is 0 Å². The van der Waals surface area contributed by atoms with E-state index in [4.69, 9.17) is 4.74 Å². The summed E-state index contributed by atoms with van der Waals surface area (Å²) >= 11 is 0. The SMILES string of the molecule is CC(C)(C)OC(=O)N[C@@H]1CC[C@H]2CNC[C@H]2C1. The van der Waals surface area contributed by atoms with Gasteiger partial charge < -0.3 is 15.4 Å². The first kappa shape index (κ1) is 12.7. The molecule has 0 bridgehead atoms. The molecule has 17 heavy (non-hydrogen) atoms. The van der Waals surface area contributed by atoms with E-state index in [1.807, 2.05) is 20.8 Å². The monoisotopic (exact) mass is 240 g/mol. The molecule has 0 aromatic rings. The van der Waals surface area contributed by atoms with Crippen molar-refractivity contribution in [2.45, 2.75) is 51.7 Å². The van der Waals surface area contributed by atoms with E-state index >= 15 is 0 Å². The average molecular weight is 240 g/mol. The van der Waals surface area contributed by atoms with Crippen molar-refractivity contribution in [3.63, 3.8) is 0 Å². The maximum atomic E-state index is 11.7. The minimum absolute atomic E-state index is 0.271. The predicted molar refractivity (Wildman–Crippen MR) is 66.9 cm³/mol. The van der Waals surface area contributed by atoms with Crippen LogP contribution in [0.25, 0.3) is 0 Å². The highest BCUT2D eigenvalue weighted by Crippen LogP contribution is 2.32. The van der Waals surface area contributed by atoms with Crippen molar-refractivity contribution in [2.24, 2.45) is 11.8 Å². The molecule has 3 atom stereocenters. The number of carbonyl (C=O) groups is 1. The zero-order chi connectivity index (χ0) is 12.5. The molecule has 98 valence electrons. The van der Waals surface area contributed by atoms with Crippen molar-refractivity contribution in [3.05, 3.63) is 0 Å². The van der Waals surface area contributed by atoms with E-state index in [1.54, 1.807) is 0 Å². The number of hydrogen-bond acceptors (Lipinski definition) is 3. The lowest BCUT2D eigenvalue weighted by molar-refractivity contribution is 0.0479. The number of alkyl carbamates (subject to hydrolysis) is 1. The first-order valence-electron chi connectivity index (χ1n) is 6.64. The first-order valence-corrected chi connectivity index (χ1v) is 6.64. The highest BCUT2D eigenvalue weighted by atomic mass is 16.6. The lowest BCUT2D eigenvalue weighted by Gasteiger charge is -2.32. The molecule has 1 aliphatic carbocycles. The smallest absolute Gasteiger partial charge is 0.407 e. The highest BCUT2D eigenvalue weighted by Gasteiger charge is 2.34. The molecular formula is C13H24N2O2. The Hall–Kier alpha value is -0.770. The number of rotatable bonds is 1. The topological polar surface area (TPSA) is 50.4 Å². The standard InChI is InChI=1S/C13H24N2O2/c1-13(2,3)17-12(16)15-11-5-4-9-7-14-8-10(9)6-11/h9-11,14H,4-8H2,1-3H3,(H,15,16)/t9-,10+,11+/m0/s1. The van der Waals surface area contributed by atoms with E-state index in [2.05, 4.69) is 10.6 Å². The van der Waals surface area contributed by atoms with Gasteiger partial charge in [-0.3, -0.25) is 0 Å². The fraction of sp³-hybridized carbons (Fsp3) is 0.923. The Bertz CT molecular complexity index is 286.